The zero-order valence-corrected chi connectivity index (χ0v) is 17.0. The normalized spacial score (nSPS) is 13.3. The van der Waals surface area contributed by atoms with E-state index in [9.17, 15) is 9.59 Å². The Morgan fingerprint density at radius 3 is 2.59 bits per heavy atom. The Bertz CT molecular complexity index is 825. The van der Waals surface area contributed by atoms with Gasteiger partial charge in [-0.2, -0.15) is 4.57 Å². The standard InChI is InChI=1S/C21H26N2O3S/c1-4-15-9-11-23(12-10-15)13-18(24)22-20-19(21(25)26-14(2)3)16-7-5-6-8-17(16)27-20/h9-12,14H,4-8,13H2,1-3H3/p+1. The third-order valence-corrected chi connectivity index (χ3v) is 5.87. The Morgan fingerprint density at radius 2 is 1.93 bits per heavy atom. The average molecular weight is 388 g/mol. The van der Waals surface area contributed by atoms with Crippen molar-refractivity contribution < 1.29 is 18.9 Å². The molecule has 0 spiro atoms. The maximum Gasteiger partial charge on any atom is 0.341 e. The zero-order valence-electron chi connectivity index (χ0n) is 16.2. The summed E-state index contributed by atoms with van der Waals surface area (Å²) in [5.74, 6) is -0.471. The van der Waals surface area contributed by atoms with E-state index in [1.54, 1.807) is 0 Å². The highest BCUT2D eigenvalue weighted by atomic mass is 32.1. The van der Waals surface area contributed by atoms with Crippen LogP contribution in [0.5, 0.6) is 0 Å². The molecule has 1 N–H and O–H groups in total. The Morgan fingerprint density at radius 1 is 1.22 bits per heavy atom. The Labute approximate surface area is 164 Å². The predicted octanol–water partition coefficient (Wildman–Crippen LogP) is 3.68. The number of aryl methyl sites for hydroxylation is 2. The third kappa shape index (κ3) is 4.75. The number of thiophene rings is 1. The molecule has 0 radical (unpaired) electrons. The van der Waals surface area contributed by atoms with E-state index < -0.39 is 0 Å². The van der Waals surface area contributed by atoms with Crippen molar-refractivity contribution in [2.24, 2.45) is 0 Å². The molecule has 0 aliphatic heterocycles. The topological polar surface area (TPSA) is 59.3 Å². The number of amides is 1. The van der Waals surface area contributed by atoms with Crippen molar-refractivity contribution in [1.82, 2.24) is 0 Å². The molecule has 2 aromatic rings. The smallest absolute Gasteiger partial charge is 0.341 e. The second-order valence-electron chi connectivity index (χ2n) is 7.15. The van der Waals surface area contributed by atoms with Crippen LogP contribution in [0, 0.1) is 0 Å². The minimum Gasteiger partial charge on any atom is -0.459 e. The summed E-state index contributed by atoms with van der Waals surface area (Å²) in [7, 11) is 0. The molecule has 2 heterocycles. The van der Waals surface area contributed by atoms with E-state index in [1.807, 2.05) is 42.9 Å². The predicted molar refractivity (Wildman–Crippen MR) is 106 cm³/mol. The Kier molecular flexibility index (Phi) is 6.26. The van der Waals surface area contributed by atoms with Gasteiger partial charge in [0.1, 0.15) is 5.00 Å². The van der Waals surface area contributed by atoms with Crippen molar-refractivity contribution in [1.29, 1.82) is 0 Å². The number of fused-ring (bicyclic) bond motifs is 1. The average Bonchev–Trinajstić information content (AvgIpc) is 2.99. The number of ether oxygens (including phenoxy) is 1. The lowest BCUT2D eigenvalue weighted by atomic mass is 9.95. The molecule has 0 fully saturated rings. The first-order valence-electron chi connectivity index (χ1n) is 9.61. The van der Waals surface area contributed by atoms with Gasteiger partial charge in [0.25, 0.3) is 5.91 Å². The van der Waals surface area contributed by atoms with Gasteiger partial charge in [0.2, 0.25) is 6.54 Å². The van der Waals surface area contributed by atoms with Crippen LogP contribution in [0.25, 0.3) is 0 Å². The highest BCUT2D eigenvalue weighted by molar-refractivity contribution is 7.17. The molecule has 144 valence electrons. The number of nitrogens with zero attached hydrogens (tertiary/aromatic N) is 1. The second-order valence-corrected chi connectivity index (χ2v) is 8.25. The number of carbonyl (C=O) groups is 2. The summed E-state index contributed by atoms with van der Waals surface area (Å²) in [6.07, 6.45) is 8.63. The molecule has 2 aromatic heterocycles. The van der Waals surface area contributed by atoms with Crippen LogP contribution in [0.3, 0.4) is 0 Å². The molecule has 1 aliphatic rings. The van der Waals surface area contributed by atoms with Crippen molar-refractivity contribution >= 4 is 28.2 Å². The summed E-state index contributed by atoms with van der Waals surface area (Å²) < 4.78 is 7.28. The summed E-state index contributed by atoms with van der Waals surface area (Å²) in [5.41, 5.74) is 2.85. The summed E-state index contributed by atoms with van der Waals surface area (Å²) in [6, 6.07) is 4.03. The molecule has 0 aromatic carbocycles. The fourth-order valence-electron chi connectivity index (χ4n) is 3.30. The highest BCUT2D eigenvalue weighted by Gasteiger charge is 2.28. The van der Waals surface area contributed by atoms with E-state index in [0.717, 1.165) is 37.7 Å². The van der Waals surface area contributed by atoms with Gasteiger partial charge in [-0.15, -0.1) is 11.3 Å². The summed E-state index contributed by atoms with van der Waals surface area (Å²) in [5, 5.41) is 3.58. The van der Waals surface area contributed by atoms with Gasteiger partial charge in [0.15, 0.2) is 12.4 Å². The van der Waals surface area contributed by atoms with Crippen LogP contribution < -0.4 is 9.88 Å². The number of pyridine rings is 1. The molecule has 1 amide bonds. The highest BCUT2D eigenvalue weighted by Crippen LogP contribution is 2.38. The lowest BCUT2D eigenvalue weighted by Crippen LogP contribution is -2.39. The minimum absolute atomic E-state index is 0.138. The van der Waals surface area contributed by atoms with E-state index in [1.165, 1.54) is 21.8 Å². The van der Waals surface area contributed by atoms with E-state index in [0.29, 0.717) is 10.6 Å². The second kappa shape index (κ2) is 8.65. The number of aromatic nitrogens is 1. The van der Waals surface area contributed by atoms with Crippen LogP contribution in [0.4, 0.5) is 5.00 Å². The van der Waals surface area contributed by atoms with Crippen molar-refractivity contribution in [3.05, 3.63) is 46.1 Å². The Hall–Kier alpha value is -2.21. The largest absolute Gasteiger partial charge is 0.459 e. The van der Waals surface area contributed by atoms with Gasteiger partial charge in [-0.3, -0.25) is 4.79 Å². The minimum atomic E-state index is -0.334. The van der Waals surface area contributed by atoms with E-state index in [2.05, 4.69) is 12.2 Å². The Balaban J connectivity index is 1.79. The fourth-order valence-corrected chi connectivity index (χ4v) is 4.60. The zero-order chi connectivity index (χ0) is 19.4. The fraction of sp³-hybridized carbons (Fsp3) is 0.476. The first-order chi connectivity index (χ1) is 13.0. The van der Waals surface area contributed by atoms with Gasteiger partial charge in [0.05, 0.1) is 11.7 Å². The van der Waals surface area contributed by atoms with Crippen LogP contribution in [-0.4, -0.2) is 18.0 Å². The monoisotopic (exact) mass is 387 g/mol. The van der Waals surface area contributed by atoms with Crippen molar-refractivity contribution in [2.45, 2.75) is 65.5 Å². The number of hydrogen-bond acceptors (Lipinski definition) is 4. The number of rotatable bonds is 6. The van der Waals surface area contributed by atoms with Crippen LogP contribution in [0.1, 0.15) is 60.0 Å². The SMILES string of the molecule is CCc1cc[n+](CC(=O)Nc2sc3c(c2C(=O)OC(C)C)CCCC3)cc1. The molecule has 5 nitrogen and oxygen atoms in total. The molecule has 1 aliphatic carbocycles. The molecule has 3 rings (SSSR count). The molecule has 0 saturated heterocycles. The number of esters is 1. The first-order valence-corrected chi connectivity index (χ1v) is 10.4. The van der Waals surface area contributed by atoms with Gasteiger partial charge >= 0.3 is 5.97 Å². The van der Waals surface area contributed by atoms with Crippen LogP contribution in [0.15, 0.2) is 24.5 Å². The molecular weight excluding hydrogens is 360 g/mol. The van der Waals surface area contributed by atoms with E-state index >= 15 is 0 Å². The maximum absolute atomic E-state index is 12.6. The van der Waals surface area contributed by atoms with Gasteiger partial charge < -0.3 is 10.1 Å². The van der Waals surface area contributed by atoms with Crippen LogP contribution in [-0.2, 0) is 35.3 Å². The van der Waals surface area contributed by atoms with Crippen molar-refractivity contribution in [3.8, 4) is 0 Å². The number of nitrogens with one attached hydrogen (secondary N) is 1. The summed E-state index contributed by atoms with van der Waals surface area (Å²) >= 11 is 1.52. The van der Waals surface area contributed by atoms with Gasteiger partial charge in [-0.25, -0.2) is 4.79 Å². The summed E-state index contributed by atoms with van der Waals surface area (Å²) in [4.78, 5) is 26.4. The third-order valence-electron chi connectivity index (χ3n) is 4.67. The molecule has 0 bridgehead atoms. The quantitative estimate of drug-likeness (QED) is 0.608. The molecule has 0 saturated carbocycles. The van der Waals surface area contributed by atoms with Gasteiger partial charge in [-0.1, -0.05) is 6.92 Å². The van der Waals surface area contributed by atoms with Crippen molar-refractivity contribution in [3.63, 3.8) is 0 Å². The molecule has 6 heteroatoms. The number of hydrogen-bond donors (Lipinski definition) is 1. The maximum atomic E-state index is 12.6. The number of carbonyl (C=O) groups excluding carboxylic acids is 2. The van der Waals surface area contributed by atoms with E-state index in [4.69, 9.17) is 4.74 Å². The molecule has 0 unspecified atom stereocenters. The van der Waals surface area contributed by atoms with Crippen molar-refractivity contribution in [2.75, 3.05) is 5.32 Å². The van der Waals surface area contributed by atoms with Crippen LogP contribution in [0.2, 0.25) is 0 Å². The van der Waals surface area contributed by atoms with E-state index in [-0.39, 0.29) is 24.5 Å². The summed E-state index contributed by atoms with van der Waals surface area (Å²) in [6.45, 7) is 5.99. The van der Waals surface area contributed by atoms with Gasteiger partial charge in [0, 0.05) is 17.0 Å². The van der Waals surface area contributed by atoms with Gasteiger partial charge in [-0.05, 0) is 57.1 Å². The lowest BCUT2D eigenvalue weighted by molar-refractivity contribution is -0.684. The molecular formula is C21H27N2O3S+. The first kappa shape index (κ1) is 19.5. The number of anilines is 1. The lowest BCUT2D eigenvalue weighted by Gasteiger charge is -2.14. The molecule has 27 heavy (non-hydrogen) atoms. The van der Waals surface area contributed by atoms with Crippen LogP contribution >= 0.6 is 11.3 Å². The molecule has 0 atom stereocenters.